The van der Waals surface area contributed by atoms with Crippen molar-refractivity contribution in [2.75, 3.05) is 12.4 Å². The number of methoxy groups -OCH3 is 1. The monoisotopic (exact) mass is 229 g/mol. The van der Waals surface area contributed by atoms with Gasteiger partial charge in [0.05, 0.1) is 12.4 Å². The standard InChI is InChI=1S/C8H8BrNO2/c1-12-8-4-2-3-6(10-8)7(11)5-9/h2-4H,5H2,1H3. The van der Waals surface area contributed by atoms with Crippen molar-refractivity contribution in [1.82, 2.24) is 4.98 Å². The van der Waals surface area contributed by atoms with E-state index in [0.29, 0.717) is 11.6 Å². The number of carbonyl (C=O) groups excluding carboxylic acids is 1. The van der Waals surface area contributed by atoms with Crippen LogP contribution in [0.25, 0.3) is 0 Å². The van der Waals surface area contributed by atoms with Crippen LogP contribution < -0.4 is 4.74 Å². The first-order chi connectivity index (χ1) is 5.77. The zero-order valence-electron chi connectivity index (χ0n) is 6.58. The number of rotatable bonds is 3. The number of halogens is 1. The summed E-state index contributed by atoms with van der Waals surface area (Å²) in [6, 6.07) is 5.10. The lowest BCUT2D eigenvalue weighted by atomic mass is 10.3. The van der Waals surface area contributed by atoms with E-state index in [1.165, 1.54) is 7.11 Å². The van der Waals surface area contributed by atoms with Gasteiger partial charge in [0.15, 0.2) is 5.78 Å². The minimum Gasteiger partial charge on any atom is -0.481 e. The molecule has 0 radical (unpaired) electrons. The highest BCUT2D eigenvalue weighted by molar-refractivity contribution is 9.09. The molecule has 12 heavy (non-hydrogen) atoms. The number of pyridine rings is 1. The van der Waals surface area contributed by atoms with Crippen molar-refractivity contribution in [3.05, 3.63) is 23.9 Å². The molecule has 0 atom stereocenters. The number of alkyl halides is 1. The molecule has 0 aliphatic heterocycles. The molecule has 1 aromatic heterocycles. The molecule has 0 aliphatic rings. The number of aromatic nitrogens is 1. The topological polar surface area (TPSA) is 39.2 Å². The van der Waals surface area contributed by atoms with Crippen LogP contribution in [0.4, 0.5) is 0 Å². The molecule has 3 nitrogen and oxygen atoms in total. The Balaban J connectivity index is 2.93. The van der Waals surface area contributed by atoms with Crippen molar-refractivity contribution in [2.24, 2.45) is 0 Å². The highest BCUT2D eigenvalue weighted by Crippen LogP contribution is 2.07. The van der Waals surface area contributed by atoms with E-state index in [2.05, 4.69) is 20.9 Å². The molecule has 0 aromatic carbocycles. The maximum absolute atomic E-state index is 11.1. The summed E-state index contributed by atoms with van der Waals surface area (Å²) in [4.78, 5) is 15.1. The van der Waals surface area contributed by atoms with Gasteiger partial charge in [0.1, 0.15) is 5.69 Å². The van der Waals surface area contributed by atoms with Gasteiger partial charge >= 0.3 is 0 Å². The van der Waals surface area contributed by atoms with E-state index >= 15 is 0 Å². The average Bonchev–Trinajstić information content (AvgIpc) is 2.17. The van der Waals surface area contributed by atoms with Crippen LogP contribution in [0.3, 0.4) is 0 Å². The summed E-state index contributed by atoms with van der Waals surface area (Å²) in [6.45, 7) is 0. The smallest absolute Gasteiger partial charge is 0.213 e. The zero-order chi connectivity index (χ0) is 8.97. The lowest BCUT2D eigenvalue weighted by Gasteiger charge is -1.99. The number of Topliss-reactive ketones (excluding diaryl/α,β-unsaturated/α-hetero) is 1. The van der Waals surface area contributed by atoms with E-state index in [-0.39, 0.29) is 11.1 Å². The van der Waals surface area contributed by atoms with E-state index in [1.54, 1.807) is 18.2 Å². The molecule has 0 N–H and O–H groups in total. The second-order valence-electron chi connectivity index (χ2n) is 2.12. The Labute approximate surface area is 78.9 Å². The molecule has 0 fully saturated rings. The van der Waals surface area contributed by atoms with Crippen LogP contribution in [0.15, 0.2) is 18.2 Å². The van der Waals surface area contributed by atoms with Gasteiger partial charge in [-0.1, -0.05) is 22.0 Å². The van der Waals surface area contributed by atoms with E-state index in [0.717, 1.165) is 0 Å². The lowest BCUT2D eigenvalue weighted by molar-refractivity contribution is 0.101. The van der Waals surface area contributed by atoms with Crippen molar-refractivity contribution in [2.45, 2.75) is 0 Å². The fourth-order valence-corrected chi connectivity index (χ4v) is 1.04. The Morgan fingerprint density at radius 2 is 2.42 bits per heavy atom. The van der Waals surface area contributed by atoms with Gasteiger partial charge in [-0.05, 0) is 6.07 Å². The number of hydrogen-bond donors (Lipinski definition) is 0. The molecule has 0 saturated heterocycles. The summed E-state index contributed by atoms with van der Waals surface area (Å²) in [5.41, 5.74) is 0.422. The van der Waals surface area contributed by atoms with Crippen LogP contribution in [0, 0.1) is 0 Å². The number of nitrogens with zero attached hydrogens (tertiary/aromatic N) is 1. The van der Waals surface area contributed by atoms with Crippen molar-refractivity contribution < 1.29 is 9.53 Å². The van der Waals surface area contributed by atoms with Crippen molar-refractivity contribution in [3.8, 4) is 5.88 Å². The first-order valence-electron chi connectivity index (χ1n) is 3.38. The Morgan fingerprint density at radius 3 is 3.00 bits per heavy atom. The van der Waals surface area contributed by atoms with E-state index in [9.17, 15) is 4.79 Å². The summed E-state index contributed by atoms with van der Waals surface area (Å²) >= 11 is 3.07. The lowest BCUT2D eigenvalue weighted by Crippen LogP contribution is -2.03. The molecule has 0 saturated carbocycles. The van der Waals surface area contributed by atoms with Crippen LogP contribution in [0.1, 0.15) is 10.5 Å². The molecule has 0 unspecified atom stereocenters. The van der Waals surface area contributed by atoms with Gasteiger partial charge in [-0.2, -0.15) is 0 Å². The van der Waals surface area contributed by atoms with Gasteiger partial charge in [0, 0.05) is 6.07 Å². The van der Waals surface area contributed by atoms with Gasteiger partial charge < -0.3 is 4.74 Å². The van der Waals surface area contributed by atoms with E-state index < -0.39 is 0 Å². The molecule has 1 heterocycles. The van der Waals surface area contributed by atoms with Gasteiger partial charge in [0.25, 0.3) is 0 Å². The Hall–Kier alpha value is -0.900. The zero-order valence-corrected chi connectivity index (χ0v) is 8.17. The summed E-state index contributed by atoms with van der Waals surface area (Å²) in [7, 11) is 1.52. The third kappa shape index (κ3) is 2.04. The van der Waals surface area contributed by atoms with Crippen molar-refractivity contribution >= 4 is 21.7 Å². The van der Waals surface area contributed by atoms with Gasteiger partial charge in [-0.3, -0.25) is 4.79 Å². The summed E-state index contributed by atoms with van der Waals surface area (Å²) in [6.07, 6.45) is 0. The first kappa shape index (κ1) is 9.19. The second-order valence-corrected chi connectivity index (χ2v) is 2.68. The van der Waals surface area contributed by atoms with E-state index in [4.69, 9.17) is 4.74 Å². The number of hydrogen-bond acceptors (Lipinski definition) is 3. The van der Waals surface area contributed by atoms with Crippen LogP contribution >= 0.6 is 15.9 Å². The molecule has 1 aromatic rings. The maximum atomic E-state index is 11.1. The fraction of sp³-hybridized carbons (Fsp3) is 0.250. The van der Waals surface area contributed by atoms with E-state index in [1.807, 2.05) is 0 Å². The number of carbonyl (C=O) groups is 1. The SMILES string of the molecule is COc1cccc(C(=O)CBr)n1. The molecule has 0 spiro atoms. The van der Waals surface area contributed by atoms with Crippen molar-refractivity contribution in [1.29, 1.82) is 0 Å². The predicted octanol–water partition coefficient (Wildman–Crippen LogP) is 1.67. The molecule has 0 bridgehead atoms. The number of ketones is 1. The van der Waals surface area contributed by atoms with Gasteiger partial charge in [-0.15, -0.1) is 0 Å². The third-order valence-corrected chi connectivity index (χ3v) is 1.85. The number of ether oxygens (including phenoxy) is 1. The Morgan fingerprint density at radius 1 is 1.67 bits per heavy atom. The summed E-state index contributed by atoms with van der Waals surface area (Å²) < 4.78 is 4.87. The normalized spacial score (nSPS) is 9.50. The Kier molecular flexibility index (Phi) is 3.22. The highest BCUT2D eigenvalue weighted by atomic mass is 79.9. The van der Waals surface area contributed by atoms with Gasteiger partial charge in [0.2, 0.25) is 5.88 Å². The minimum atomic E-state index is -0.0473. The van der Waals surface area contributed by atoms with Gasteiger partial charge in [-0.25, -0.2) is 4.98 Å². The third-order valence-electron chi connectivity index (χ3n) is 1.34. The molecule has 1 rings (SSSR count). The molecule has 4 heteroatoms. The molecular formula is C8H8BrNO2. The van der Waals surface area contributed by atoms with Crippen LogP contribution in [0.2, 0.25) is 0 Å². The first-order valence-corrected chi connectivity index (χ1v) is 4.50. The fourth-order valence-electron chi connectivity index (χ4n) is 0.752. The molecule has 64 valence electrons. The average molecular weight is 230 g/mol. The quantitative estimate of drug-likeness (QED) is 0.585. The molecule has 0 aliphatic carbocycles. The van der Waals surface area contributed by atoms with Crippen LogP contribution in [-0.4, -0.2) is 23.2 Å². The van der Waals surface area contributed by atoms with Crippen LogP contribution in [0.5, 0.6) is 5.88 Å². The largest absolute Gasteiger partial charge is 0.481 e. The van der Waals surface area contributed by atoms with Crippen molar-refractivity contribution in [3.63, 3.8) is 0 Å². The molecule has 0 amide bonds. The molecular weight excluding hydrogens is 222 g/mol. The second kappa shape index (κ2) is 4.21. The van der Waals surface area contributed by atoms with Crippen LogP contribution in [-0.2, 0) is 0 Å². The highest BCUT2D eigenvalue weighted by Gasteiger charge is 2.05. The maximum Gasteiger partial charge on any atom is 0.213 e. The summed E-state index contributed by atoms with van der Waals surface area (Å²) in [5.74, 6) is 0.413. The predicted molar refractivity (Wildman–Crippen MR) is 48.9 cm³/mol. The Bertz CT molecular complexity index is 288. The minimum absolute atomic E-state index is 0.0473. The summed E-state index contributed by atoms with van der Waals surface area (Å²) in [5, 5.41) is 0.285.